The van der Waals surface area contributed by atoms with Crippen LogP contribution in [0.25, 0.3) is 0 Å². The molecule has 0 spiro atoms. The topological polar surface area (TPSA) is 12.5 Å². The van der Waals surface area contributed by atoms with Gasteiger partial charge in [0.2, 0.25) is 0 Å². The lowest BCUT2D eigenvalue weighted by atomic mass is 9.33. The molecule has 0 radical (unpaired) electrons. The molecule has 0 fully saturated rings. The summed E-state index contributed by atoms with van der Waals surface area (Å²) in [6, 6.07) is 36.2. The van der Waals surface area contributed by atoms with E-state index in [1.165, 1.54) is 65.5 Å². The van der Waals surface area contributed by atoms with Gasteiger partial charge in [0.25, 0.3) is 6.71 Å². The van der Waals surface area contributed by atoms with Crippen molar-refractivity contribution >= 4 is 51.9 Å². The summed E-state index contributed by atoms with van der Waals surface area (Å²) in [6.45, 7) is 11.9. The molecular weight excluding hydrogens is 529 g/mol. The monoisotopic (exact) mass is 563 g/mol. The van der Waals surface area contributed by atoms with E-state index in [2.05, 4.69) is 137 Å². The number of ether oxygens (including phenoxy) is 1. The first kappa shape index (κ1) is 25.8. The molecule has 0 aliphatic carbocycles. The Labute approximate surface area is 253 Å². The SMILES string of the molecule is CC(C)c1cc(C(C)C)c2c(c1)C(C)c1cccc3c1N(c1ccc4c(c1)B2c1ccccc1O4)c1ccccc1S3. The Balaban J connectivity index is 1.54. The molecule has 2 bridgehead atoms. The molecule has 0 aromatic heterocycles. The maximum absolute atomic E-state index is 6.63. The average molecular weight is 564 g/mol. The summed E-state index contributed by atoms with van der Waals surface area (Å²) < 4.78 is 6.63. The summed E-state index contributed by atoms with van der Waals surface area (Å²) in [5.74, 6) is 2.95. The molecule has 4 heteroatoms. The van der Waals surface area contributed by atoms with Gasteiger partial charge in [-0.25, -0.2) is 0 Å². The molecule has 5 aromatic carbocycles. The van der Waals surface area contributed by atoms with Crippen molar-refractivity contribution in [1.82, 2.24) is 0 Å². The van der Waals surface area contributed by atoms with Gasteiger partial charge in [0.05, 0.1) is 11.4 Å². The van der Waals surface area contributed by atoms with Gasteiger partial charge < -0.3 is 9.64 Å². The molecule has 42 heavy (non-hydrogen) atoms. The Bertz CT molecular complexity index is 1890. The summed E-state index contributed by atoms with van der Waals surface area (Å²) >= 11 is 1.89. The minimum absolute atomic E-state index is 0.0834. The summed E-state index contributed by atoms with van der Waals surface area (Å²) in [6.07, 6.45) is 0. The lowest BCUT2D eigenvalue weighted by Crippen LogP contribution is -2.57. The summed E-state index contributed by atoms with van der Waals surface area (Å²) in [4.78, 5) is 5.10. The van der Waals surface area contributed by atoms with Gasteiger partial charge in [-0.2, -0.15) is 0 Å². The Morgan fingerprint density at radius 3 is 2.31 bits per heavy atom. The molecule has 3 aliphatic rings. The predicted molar refractivity (Wildman–Crippen MR) is 179 cm³/mol. The van der Waals surface area contributed by atoms with E-state index in [4.69, 9.17) is 4.74 Å². The van der Waals surface area contributed by atoms with Crippen LogP contribution in [0.15, 0.2) is 107 Å². The van der Waals surface area contributed by atoms with Crippen LogP contribution < -0.4 is 26.0 Å². The lowest BCUT2D eigenvalue weighted by Gasteiger charge is -2.39. The van der Waals surface area contributed by atoms with Crippen LogP contribution in [-0.4, -0.2) is 6.71 Å². The van der Waals surface area contributed by atoms with E-state index in [9.17, 15) is 0 Å². The van der Waals surface area contributed by atoms with E-state index in [0.717, 1.165) is 11.5 Å². The van der Waals surface area contributed by atoms with Crippen LogP contribution in [0.3, 0.4) is 0 Å². The minimum Gasteiger partial charge on any atom is -0.458 e. The van der Waals surface area contributed by atoms with E-state index in [1.807, 2.05) is 11.8 Å². The summed E-state index contributed by atoms with van der Waals surface area (Å²) in [7, 11) is 0. The fraction of sp³-hybridized carbons (Fsp3) is 0.211. The number of fused-ring (bicyclic) bond motifs is 8. The number of nitrogens with zero attached hydrogens (tertiary/aromatic N) is 1. The van der Waals surface area contributed by atoms with E-state index in [0.29, 0.717) is 11.8 Å². The largest absolute Gasteiger partial charge is 0.458 e. The highest BCUT2D eigenvalue weighted by Crippen LogP contribution is 2.54. The van der Waals surface area contributed by atoms with Crippen LogP contribution in [0.4, 0.5) is 17.1 Å². The second-order valence-electron chi connectivity index (χ2n) is 12.5. The van der Waals surface area contributed by atoms with E-state index < -0.39 is 0 Å². The first-order chi connectivity index (χ1) is 20.4. The van der Waals surface area contributed by atoms with E-state index >= 15 is 0 Å². The van der Waals surface area contributed by atoms with Gasteiger partial charge >= 0.3 is 0 Å². The zero-order chi connectivity index (χ0) is 28.7. The second kappa shape index (κ2) is 9.57. The zero-order valence-electron chi connectivity index (χ0n) is 24.8. The van der Waals surface area contributed by atoms with Crippen molar-refractivity contribution in [2.75, 3.05) is 4.90 Å². The highest BCUT2D eigenvalue weighted by Gasteiger charge is 2.40. The Hall–Kier alpha value is -3.89. The van der Waals surface area contributed by atoms with Crippen molar-refractivity contribution in [3.8, 4) is 11.5 Å². The van der Waals surface area contributed by atoms with Crippen molar-refractivity contribution in [1.29, 1.82) is 0 Å². The van der Waals surface area contributed by atoms with Crippen molar-refractivity contribution in [3.63, 3.8) is 0 Å². The fourth-order valence-corrected chi connectivity index (χ4v) is 8.34. The third-order valence-corrected chi connectivity index (χ3v) is 10.5. The van der Waals surface area contributed by atoms with Crippen LogP contribution in [0.2, 0.25) is 0 Å². The van der Waals surface area contributed by atoms with Crippen LogP contribution >= 0.6 is 11.8 Å². The quantitative estimate of drug-likeness (QED) is 0.195. The maximum atomic E-state index is 6.63. The Morgan fingerprint density at radius 2 is 1.48 bits per heavy atom. The predicted octanol–water partition coefficient (Wildman–Crippen LogP) is 8.95. The first-order valence-electron chi connectivity index (χ1n) is 15.2. The van der Waals surface area contributed by atoms with Gasteiger partial charge in [-0.15, -0.1) is 0 Å². The van der Waals surface area contributed by atoms with Gasteiger partial charge in [0, 0.05) is 21.4 Å². The lowest BCUT2D eigenvalue weighted by molar-refractivity contribution is 0.487. The van der Waals surface area contributed by atoms with Crippen molar-refractivity contribution < 1.29 is 4.74 Å². The number of anilines is 3. The molecule has 5 aromatic rings. The first-order valence-corrected chi connectivity index (χ1v) is 16.0. The fourth-order valence-electron chi connectivity index (χ4n) is 7.24. The maximum Gasteiger partial charge on any atom is 0.251 e. The van der Waals surface area contributed by atoms with Gasteiger partial charge in [0.15, 0.2) is 0 Å². The van der Waals surface area contributed by atoms with E-state index in [-0.39, 0.29) is 12.6 Å². The van der Waals surface area contributed by atoms with Crippen molar-refractivity contribution in [3.05, 3.63) is 119 Å². The molecule has 0 amide bonds. The molecule has 8 rings (SSSR count). The van der Waals surface area contributed by atoms with E-state index in [1.54, 1.807) is 0 Å². The van der Waals surface area contributed by atoms with Crippen LogP contribution in [-0.2, 0) is 0 Å². The molecule has 206 valence electrons. The molecule has 2 nitrogen and oxygen atoms in total. The van der Waals surface area contributed by atoms with Crippen molar-refractivity contribution in [2.45, 2.75) is 62.2 Å². The standard InChI is InChI=1S/C38H34BNOS/c1-22(2)25-19-28(23(3)4)37-29(20-25)24(5)27-11-10-16-36-38(27)40(32-13-7-9-15-35(32)42-36)26-17-18-34-31(21-26)39(37)30-12-6-8-14-33(30)41-34/h6-24H,1-5H3. The third-order valence-electron chi connectivity index (χ3n) is 9.37. The summed E-state index contributed by atoms with van der Waals surface area (Å²) in [5.41, 5.74) is 13.3. The number of hydrogen-bond donors (Lipinski definition) is 0. The third kappa shape index (κ3) is 3.74. The van der Waals surface area contributed by atoms with Crippen molar-refractivity contribution in [2.24, 2.45) is 0 Å². The molecule has 0 N–H and O–H groups in total. The normalized spacial score (nSPS) is 15.9. The molecular formula is C38H34BNOS. The van der Waals surface area contributed by atoms with Crippen LogP contribution in [0, 0.1) is 0 Å². The Morgan fingerprint density at radius 1 is 0.714 bits per heavy atom. The van der Waals surface area contributed by atoms with Gasteiger partial charge in [0.1, 0.15) is 11.5 Å². The molecule has 3 heterocycles. The van der Waals surface area contributed by atoms with Crippen LogP contribution in [0.5, 0.6) is 11.5 Å². The molecule has 0 saturated heterocycles. The average Bonchev–Trinajstić information content (AvgIpc) is 3.00. The number of rotatable bonds is 2. The highest BCUT2D eigenvalue weighted by molar-refractivity contribution is 7.99. The number of para-hydroxylation sites is 3. The van der Waals surface area contributed by atoms with Gasteiger partial charge in [-0.1, -0.05) is 106 Å². The van der Waals surface area contributed by atoms with Gasteiger partial charge in [-0.3, -0.25) is 0 Å². The Kier molecular flexibility index (Phi) is 5.88. The molecule has 1 unspecified atom stereocenters. The van der Waals surface area contributed by atoms with Crippen LogP contribution in [0.1, 0.15) is 74.6 Å². The minimum atomic E-state index is 0.0834. The number of hydrogen-bond acceptors (Lipinski definition) is 3. The smallest absolute Gasteiger partial charge is 0.251 e. The number of benzene rings is 5. The highest BCUT2D eigenvalue weighted by atomic mass is 32.2. The molecule has 1 atom stereocenters. The second-order valence-corrected chi connectivity index (χ2v) is 13.6. The zero-order valence-corrected chi connectivity index (χ0v) is 25.6. The molecule has 0 saturated carbocycles. The molecule has 3 aliphatic heterocycles. The van der Waals surface area contributed by atoms with Gasteiger partial charge in [-0.05, 0) is 87.5 Å². The summed E-state index contributed by atoms with van der Waals surface area (Å²) in [5, 5.41) is 0.